The van der Waals surface area contributed by atoms with E-state index in [0.717, 1.165) is 37.1 Å². The zero-order chi connectivity index (χ0) is 15.8. The van der Waals surface area contributed by atoms with Crippen LogP contribution in [0.25, 0.3) is 0 Å². The van der Waals surface area contributed by atoms with Crippen molar-refractivity contribution in [2.45, 2.75) is 25.7 Å². The number of carbonyl (C=O) groups is 2. The van der Waals surface area contributed by atoms with E-state index in [0.29, 0.717) is 19.6 Å². The second-order valence-corrected chi connectivity index (χ2v) is 6.06. The minimum absolute atomic E-state index is 0.0631. The summed E-state index contributed by atoms with van der Waals surface area (Å²) in [6.45, 7) is 2.77. The van der Waals surface area contributed by atoms with E-state index in [1.807, 2.05) is 18.2 Å². The molecule has 2 atom stereocenters. The molecule has 1 saturated heterocycles. The van der Waals surface area contributed by atoms with E-state index in [4.69, 9.17) is 5.73 Å². The topological polar surface area (TPSA) is 76.6 Å². The zero-order valence-corrected chi connectivity index (χ0v) is 13.0. The first-order valence-electron chi connectivity index (χ1n) is 8.08. The van der Waals surface area contributed by atoms with Gasteiger partial charge in [0.05, 0.1) is 19.0 Å². The quantitative estimate of drug-likeness (QED) is 0.595. The van der Waals surface area contributed by atoms with Crippen LogP contribution in [-0.4, -0.2) is 38.0 Å². The van der Waals surface area contributed by atoms with E-state index >= 15 is 0 Å². The lowest BCUT2D eigenvalue weighted by atomic mass is 9.97. The third-order valence-electron chi connectivity index (χ3n) is 4.24. The molecule has 1 heterocycles. The van der Waals surface area contributed by atoms with Crippen LogP contribution in [0.1, 0.15) is 24.8 Å². The van der Waals surface area contributed by atoms with Gasteiger partial charge in [0.25, 0.3) is 5.91 Å². The van der Waals surface area contributed by atoms with Gasteiger partial charge in [0.15, 0.2) is 6.54 Å². The molecule has 1 fully saturated rings. The minimum atomic E-state index is -0.236. The molecule has 5 nitrogen and oxygen atoms in total. The van der Waals surface area contributed by atoms with Gasteiger partial charge in [-0.2, -0.15) is 0 Å². The molecule has 1 aliphatic heterocycles. The molecule has 0 aromatic heterocycles. The van der Waals surface area contributed by atoms with Crippen LogP contribution in [-0.2, 0) is 16.0 Å². The van der Waals surface area contributed by atoms with Gasteiger partial charge in [-0.15, -0.1) is 0 Å². The Kier molecular flexibility index (Phi) is 6.40. The number of rotatable bonds is 7. The molecule has 22 heavy (non-hydrogen) atoms. The molecule has 5 heteroatoms. The smallest absolute Gasteiger partial charge is 0.275 e. The first kappa shape index (κ1) is 16.5. The number of amides is 2. The molecule has 2 rings (SSSR count). The fourth-order valence-electron chi connectivity index (χ4n) is 3.01. The van der Waals surface area contributed by atoms with Crippen molar-refractivity contribution in [3.63, 3.8) is 0 Å². The summed E-state index contributed by atoms with van der Waals surface area (Å²) in [6, 6.07) is 10.3. The van der Waals surface area contributed by atoms with Gasteiger partial charge in [0.1, 0.15) is 0 Å². The molecular weight excluding hydrogens is 278 g/mol. The molecule has 0 spiro atoms. The van der Waals surface area contributed by atoms with Crippen LogP contribution in [0.4, 0.5) is 0 Å². The van der Waals surface area contributed by atoms with Crippen LogP contribution >= 0.6 is 0 Å². The zero-order valence-electron chi connectivity index (χ0n) is 13.0. The molecule has 0 bridgehead atoms. The average Bonchev–Trinajstić information content (AvgIpc) is 2.53. The van der Waals surface area contributed by atoms with E-state index in [1.165, 1.54) is 5.56 Å². The monoisotopic (exact) mass is 304 g/mol. The van der Waals surface area contributed by atoms with Crippen molar-refractivity contribution in [1.82, 2.24) is 5.32 Å². The standard InChI is InChI=1S/C17H25N3O2/c18-17(22)15-9-5-11-20(12-15)13-16(21)19-10-4-8-14-6-2-1-3-7-14/h1-3,6-7,15H,4-5,8-13H2,(H2,18,22)(H,19,21)/p+1/t15-/m1/s1. The maximum Gasteiger partial charge on any atom is 0.275 e. The predicted octanol–water partition coefficient (Wildman–Crippen LogP) is -0.484. The predicted molar refractivity (Wildman–Crippen MR) is 85.3 cm³/mol. The summed E-state index contributed by atoms with van der Waals surface area (Å²) in [7, 11) is 0. The van der Waals surface area contributed by atoms with Crippen LogP contribution in [0.15, 0.2) is 30.3 Å². The molecule has 120 valence electrons. The molecule has 1 aromatic carbocycles. The van der Waals surface area contributed by atoms with Gasteiger partial charge >= 0.3 is 0 Å². The lowest BCUT2D eigenvalue weighted by Gasteiger charge is -2.27. The highest BCUT2D eigenvalue weighted by molar-refractivity contribution is 5.77. The van der Waals surface area contributed by atoms with Crippen molar-refractivity contribution in [2.75, 3.05) is 26.2 Å². The van der Waals surface area contributed by atoms with Crippen molar-refractivity contribution in [1.29, 1.82) is 0 Å². The van der Waals surface area contributed by atoms with Gasteiger partial charge in [0.2, 0.25) is 5.91 Å². The lowest BCUT2D eigenvalue weighted by molar-refractivity contribution is -0.899. The second-order valence-electron chi connectivity index (χ2n) is 6.06. The highest BCUT2D eigenvalue weighted by atomic mass is 16.2. The number of nitrogens with one attached hydrogen (secondary N) is 2. The van der Waals surface area contributed by atoms with Gasteiger partial charge in [-0.1, -0.05) is 30.3 Å². The molecule has 0 saturated carbocycles. The van der Waals surface area contributed by atoms with Gasteiger partial charge in [-0.25, -0.2) is 0 Å². The number of likely N-dealkylation sites (tertiary alicyclic amines) is 1. The molecule has 1 aliphatic rings. The second kappa shape index (κ2) is 8.54. The Labute approximate surface area is 131 Å². The lowest BCUT2D eigenvalue weighted by Crippen LogP contribution is -3.15. The van der Waals surface area contributed by atoms with Crippen molar-refractivity contribution >= 4 is 11.8 Å². The van der Waals surface area contributed by atoms with Gasteiger partial charge in [-0.3, -0.25) is 9.59 Å². The van der Waals surface area contributed by atoms with E-state index < -0.39 is 0 Å². The van der Waals surface area contributed by atoms with E-state index in [-0.39, 0.29) is 17.7 Å². The number of carbonyl (C=O) groups excluding carboxylic acids is 2. The number of piperidine rings is 1. The third kappa shape index (κ3) is 5.48. The van der Waals surface area contributed by atoms with E-state index in [1.54, 1.807) is 0 Å². The van der Waals surface area contributed by atoms with Crippen molar-refractivity contribution in [3.05, 3.63) is 35.9 Å². The maximum absolute atomic E-state index is 12.0. The normalized spacial score (nSPS) is 21.3. The fraction of sp³-hybridized carbons (Fsp3) is 0.529. The largest absolute Gasteiger partial charge is 0.369 e. The van der Waals surface area contributed by atoms with Crippen LogP contribution in [0.2, 0.25) is 0 Å². The maximum atomic E-state index is 12.0. The van der Waals surface area contributed by atoms with E-state index in [2.05, 4.69) is 17.4 Å². The molecule has 1 unspecified atom stereocenters. The Morgan fingerprint density at radius 1 is 1.27 bits per heavy atom. The number of hydrogen-bond donors (Lipinski definition) is 3. The molecule has 0 radical (unpaired) electrons. The van der Waals surface area contributed by atoms with Gasteiger partial charge in [0, 0.05) is 6.54 Å². The van der Waals surface area contributed by atoms with Crippen LogP contribution < -0.4 is 16.0 Å². The number of quaternary nitrogens is 1. The highest BCUT2D eigenvalue weighted by Crippen LogP contribution is 2.05. The summed E-state index contributed by atoms with van der Waals surface area (Å²) in [5.74, 6) is -0.247. The average molecular weight is 304 g/mol. The summed E-state index contributed by atoms with van der Waals surface area (Å²) in [6.07, 6.45) is 3.73. The van der Waals surface area contributed by atoms with E-state index in [9.17, 15) is 9.59 Å². The number of hydrogen-bond acceptors (Lipinski definition) is 2. The van der Waals surface area contributed by atoms with Crippen molar-refractivity contribution in [3.8, 4) is 0 Å². The van der Waals surface area contributed by atoms with Crippen LogP contribution in [0.3, 0.4) is 0 Å². The van der Waals surface area contributed by atoms with Gasteiger partial charge in [-0.05, 0) is 31.2 Å². The Hall–Kier alpha value is -1.88. The summed E-state index contributed by atoms with van der Waals surface area (Å²) in [5.41, 5.74) is 6.66. The first-order chi connectivity index (χ1) is 10.6. The first-order valence-corrected chi connectivity index (χ1v) is 8.08. The molecular formula is C17H26N3O2+. The Bertz CT molecular complexity index is 490. The van der Waals surface area contributed by atoms with Crippen molar-refractivity contribution < 1.29 is 14.5 Å². The number of benzene rings is 1. The molecule has 1 aromatic rings. The van der Waals surface area contributed by atoms with Gasteiger partial charge < -0.3 is 16.0 Å². The summed E-state index contributed by atoms with van der Waals surface area (Å²) in [5, 5.41) is 2.97. The Morgan fingerprint density at radius 2 is 2.05 bits per heavy atom. The number of nitrogens with two attached hydrogens (primary N) is 1. The fourth-order valence-corrected chi connectivity index (χ4v) is 3.01. The SMILES string of the molecule is NC(=O)[C@@H]1CCC[NH+](CC(=O)NCCCc2ccccc2)C1. The van der Waals surface area contributed by atoms with Crippen LogP contribution in [0.5, 0.6) is 0 Å². The summed E-state index contributed by atoms with van der Waals surface area (Å²) >= 11 is 0. The molecule has 4 N–H and O–H groups in total. The Balaban J connectivity index is 1.62. The summed E-state index contributed by atoms with van der Waals surface area (Å²) < 4.78 is 0. The minimum Gasteiger partial charge on any atom is -0.369 e. The summed E-state index contributed by atoms with van der Waals surface area (Å²) in [4.78, 5) is 24.4. The Morgan fingerprint density at radius 3 is 2.77 bits per heavy atom. The van der Waals surface area contributed by atoms with Crippen molar-refractivity contribution in [2.24, 2.45) is 11.7 Å². The van der Waals surface area contributed by atoms with Crippen LogP contribution in [0, 0.1) is 5.92 Å². The molecule has 2 amide bonds. The highest BCUT2D eigenvalue weighted by Gasteiger charge is 2.28. The number of primary amides is 1. The molecule has 0 aliphatic carbocycles. The number of aryl methyl sites for hydroxylation is 1. The third-order valence-corrected chi connectivity index (χ3v) is 4.24.